The molecule has 3 aromatic rings. The summed E-state index contributed by atoms with van der Waals surface area (Å²) in [5.41, 5.74) is 1.90. The average molecular weight is 405 g/mol. The van der Waals surface area contributed by atoms with Gasteiger partial charge in [-0.1, -0.05) is 20.3 Å². The van der Waals surface area contributed by atoms with Gasteiger partial charge in [0.25, 0.3) is 5.56 Å². The highest BCUT2D eigenvalue weighted by molar-refractivity contribution is 7.11. The number of aromatic nitrogens is 5. The predicted molar refractivity (Wildman–Crippen MR) is 106 cm³/mol. The van der Waals surface area contributed by atoms with E-state index in [-0.39, 0.29) is 6.61 Å². The van der Waals surface area contributed by atoms with Crippen LogP contribution in [0.3, 0.4) is 0 Å². The summed E-state index contributed by atoms with van der Waals surface area (Å²) in [6, 6.07) is 0. The number of ether oxygens (including phenoxy) is 1. The number of nitrogens with zero attached hydrogens (tertiary/aromatic N) is 4. The molecule has 0 saturated carbocycles. The summed E-state index contributed by atoms with van der Waals surface area (Å²) in [5.74, 6) is -0.0406. The van der Waals surface area contributed by atoms with Crippen LogP contribution in [0.25, 0.3) is 11.2 Å². The molecule has 0 aliphatic carbocycles. The summed E-state index contributed by atoms with van der Waals surface area (Å²) in [7, 11) is 0. The summed E-state index contributed by atoms with van der Waals surface area (Å²) >= 11 is 1.21. The van der Waals surface area contributed by atoms with Gasteiger partial charge in [-0.15, -0.1) is 11.3 Å². The zero-order chi connectivity index (χ0) is 20.3. The molecule has 0 spiro atoms. The number of thiazole rings is 1. The van der Waals surface area contributed by atoms with Gasteiger partial charge in [0.2, 0.25) is 0 Å². The van der Waals surface area contributed by atoms with Crippen molar-refractivity contribution in [2.24, 2.45) is 0 Å². The van der Waals surface area contributed by atoms with Gasteiger partial charge in [-0.3, -0.25) is 14.3 Å². The number of H-pyrrole nitrogens is 1. The van der Waals surface area contributed by atoms with Gasteiger partial charge in [-0.25, -0.2) is 19.6 Å². The first-order valence-corrected chi connectivity index (χ1v) is 10.1. The number of carbonyl (C=O) groups is 1. The van der Waals surface area contributed by atoms with Crippen molar-refractivity contribution in [3.63, 3.8) is 0 Å². The number of unbranched alkanes of at least 4 members (excludes halogenated alkanes) is 1. The molecular weight excluding hydrogens is 382 g/mol. The third-order valence-corrected chi connectivity index (χ3v) is 5.32. The summed E-state index contributed by atoms with van der Waals surface area (Å²) < 4.78 is 8.61. The van der Waals surface area contributed by atoms with Gasteiger partial charge in [-0.2, -0.15) is 0 Å². The lowest BCUT2D eigenvalue weighted by atomic mass is 10.3. The number of aryl methyl sites for hydroxylation is 3. The van der Waals surface area contributed by atoms with E-state index < -0.39 is 17.2 Å². The first-order chi connectivity index (χ1) is 13.5. The van der Waals surface area contributed by atoms with Crippen LogP contribution in [0.1, 0.15) is 54.3 Å². The fourth-order valence-corrected chi connectivity index (χ4v) is 3.70. The van der Waals surface area contributed by atoms with Crippen molar-refractivity contribution in [2.45, 2.75) is 59.7 Å². The van der Waals surface area contributed by atoms with Crippen molar-refractivity contribution in [3.05, 3.63) is 42.7 Å². The van der Waals surface area contributed by atoms with Crippen molar-refractivity contribution in [1.82, 2.24) is 24.1 Å². The maximum Gasteiger partial charge on any atom is 0.350 e. The largest absolute Gasteiger partial charge is 0.453 e. The van der Waals surface area contributed by atoms with Crippen molar-refractivity contribution in [1.29, 1.82) is 0 Å². The zero-order valence-corrected chi connectivity index (χ0v) is 17.0. The lowest BCUT2D eigenvalue weighted by molar-refractivity contribution is 0.0463. The molecule has 150 valence electrons. The maximum atomic E-state index is 12.5. The van der Waals surface area contributed by atoms with Crippen molar-refractivity contribution < 1.29 is 9.53 Å². The molecule has 0 saturated heterocycles. The number of imidazole rings is 1. The number of esters is 1. The molecule has 10 heteroatoms. The Morgan fingerprint density at radius 2 is 2.00 bits per heavy atom. The fraction of sp³-hybridized carbons (Fsp3) is 0.500. The van der Waals surface area contributed by atoms with E-state index >= 15 is 0 Å². The Kier molecular flexibility index (Phi) is 6.08. The van der Waals surface area contributed by atoms with Gasteiger partial charge in [-0.05, 0) is 19.8 Å². The summed E-state index contributed by atoms with van der Waals surface area (Å²) in [6.07, 6.45) is 2.45. The van der Waals surface area contributed by atoms with E-state index in [0.717, 1.165) is 19.3 Å². The predicted octanol–water partition coefficient (Wildman–Crippen LogP) is 2.22. The second-order valence-corrected chi connectivity index (χ2v) is 7.31. The second kappa shape index (κ2) is 8.51. The molecule has 0 fully saturated rings. The van der Waals surface area contributed by atoms with Gasteiger partial charge in [0, 0.05) is 13.1 Å². The number of nitrogens with one attached hydrogen (secondary N) is 1. The molecule has 3 rings (SSSR count). The number of aromatic amines is 1. The van der Waals surface area contributed by atoms with Crippen LogP contribution in [0.15, 0.2) is 15.1 Å². The molecule has 0 radical (unpaired) electrons. The van der Waals surface area contributed by atoms with Crippen molar-refractivity contribution in [3.8, 4) is 0 Å². The first kappa shape index (κ1) is 20.0. The van der Waals surface area contributed by atoms with Gasteiger partial charge in [0.15, 0.2) is 11.2 Å². The van der Waals surface area contributed by atoms with E-state index in [1.165, 1.54) is 15.9 Å². The minimum absolute atomic E-state index is 0.0910. The minimum Gasteiger partial charge on any atom is -0.453 e. The Morgan fingerprint density at radius 1 is 1.21 bits per heavy atom. The van der Waals surface area contributed by atoms with Gasteiger partial charge < -0.3 is 9.30 Å². The van der Waals surface area contributed by atoms with E-state index in [0.29, 0.717) is 40.6 Å². The van der Waals surface area contributed by atoms with Crippen LogP contribution in [0, 0.1) is 6.92 Å². The molecule has 28 heavy (non-hydrogen) atoms. The van der Waals surface area contributed by atoms with Gasteiger partial charge in [0.05, 0.1) is 11.2 Å². The Bertz CT molecular complexity index is 1110. The normalized spacial score (nSPS) is 11.2. The van der Waals surface area contributed by atoms with Crippen LogP contribution < -0.4 is 11.2 Å². The van der Waals surface area contributed by atoms with Crippen LogP contribution in [0.4, 0.5) is 0 Å². The van der Waals surface area contributed by atoms with Crippen molar-refractivity contribution >= 4 is 28.5 Å². The lowest BCUT2D eigenvalue weighted by Gasteiger charge is -2.08. The van der Waals surface area contributed by atoms with Crippen LogP contribution in [-0.4, -0.2) is 30.1 Å². The minimum atomic E-state index is -0.482. The summed E-state index contributed by atoms with van der Waals surface area (Å²) in [5, 5.41) is 0. The molecule has 9 nitrogen and oxygen atoms in total. The monoisotopic (exact) mass is 405 g/mol. The molecule has 0 bridgehead atoms. The number of rotatable bonds is 8. The van der Waals surface area contributed by atoms with Crippen LogP contribution in [0.2, 0.25) is 0 Å². The van der Waals surface area contributed by atoms with Crippen LogP contribution in [0.5, 0.6) is 0 Å². The van der Waals surface area contributed by atoms with Crippen LogP contribution >= 0.6 is 11.3 Å². The lowest BCUT2D eigenvalue weighted by Crippen LogP contribution is -2.31. The van der Waals surface area contributed by atoms with Gasteiger partial charge in [0.1, 0.15) is 17.3 Å². The molecule has 0 amide bonds. The Morgan fingerprint density at radius 3 is 2.64 bits per heavy atom. The molecule has 1 N–H and O–H groups in total. The van der Waals surface area contributed by atoms with E-state index in [1.807, 2.05) is 13.8 Å². The third-order valence-electron chi connectivity index (χ3n) is 4.41. The maximum absolute atomic E-state index is 12.5. The molecule has 0 aromatic carbocycles. The number of fused-ring (bicyclic) bond motifs is 1. The number of carbonyl (C=O) groups excluding carboxylic acids is 1. The highest BCUT2D eigenvalue weighted by atomic mass is 32.1. The second-order valence-electron chi connectivity index (χ2n) is 6.46. The molecule has 0 aliphatic rings. The molecule has 3 aromatic heterocycles. The fourth-order valence-electron chi connectivity index (χ4n) is 3.01. The van der Waals surface area contributed by atoms with E-state index in [4.69, 9.17) is 4.74 Å². The Hall–Kier alpha value is -2.75. The topological polar surface area (TPSA) is 112 Å². The third kappa shape index (κ3) is 3.77. The van der Waals surface area contributed by atoms with Crippen molar-refractivity contribution in [2.75, 3.05) is 0 Å². The number of hydrogen-bond donors (Lipinski definition) is 1. The summed E-state index contributed by atoms with van der Waals surface area (Å²) in [4.78, 5) is 48.4. The van der Waals surface area contributed by atoms with Crippen LogP contribution in [-0.2, 0) is 24.4 Å². The first-order valence-electron chi connectivity index (χ1n) is 9.27. The molecule has 0 unspecified atom stereocenters. The van der Waals surface area contributed by atoms with E-state index in [2.05, 4.69) is 15.0 Å². The highest BCUT2D eigenvalue weighted by Gasteiger charge is 2.20. The SMILES string of the molecule is CCCCn1c(=O)[nH]c(=O)c2c1nc(COC(=O)c1scnc1C)n2CCC. The highest BCUT2D eigenvalue weighted by Crippen LogP contribution is 2.17. The molecular formula is C18H23N5O4S. The van der Waals surface area contributed by atoms with Gasteiger partial charge >= 0.3 is 11.7 Å². The average Bonchev–Trinajstić information content (AvgIpc) is 3.24. The molecule has 3 heterocycles. The van der Waals surface area contributed by atoms with E-state index in [1.54, 1.807) is 17.0 Å². The zero-order valence-electron chi connectivity index (χ0n) is 16.2. The summed E-state index contributed by atoms with van der Waals surface area (Å²) in [6.45, 7) is 6.64. The Balaban J connectivity index is 2.01. The van der Waals surface area contributed by atoms with E-state index in [9.17, 15) is 14.4 Å². The molecule has 0 aliphatic heterocycles. The quantitative estimate of drug-likeness (QED) is 0.575. The molecule has 0 atom stereocenters. The Labute approximate surface area is 165 Å². The standard InChI is InChI=1S/C18H23N5O4S/c1-4-6-8-23-15-13(16(24)21-18(23)26)22(7-5-2)12(20-15)9-27-17(25)14-11(3)19-10-28-14/h10H,4-9H2,1-3H3,(H,21,24,26). The number of hydrogen-bond acceptors (Lipinski definition) is 7. The smallest absolute Gasteiger partial charge is 0.350 e.